The molecule has 0 bridgehead atoms. The molecular weight excluding hydrogens is 374 g/mol. The number of rotatable bonds is 9. The van der Waals surface area contributed by atoms with Gasteiger partial charge in [-0.2, -0.15) is 5.10 Å². The van der Waals surface area contributed by atoms with Crippen LogP contribution in [-0.4, -0.2) is 28.9 Å². The summed E-state index contributed by atoms with van der Waals surface area (Å²) in [6.45, 7) is 6.01. The molecule has 0 saturated heterocycles. The summed E-state index contributed by atoms with van der Waals surface area (Å²) in [6.07, 6.45) is 3.92. The van der Waals surface area contributed by atoms with E-state index in [1.165, 1.54) is 0 Å². The van der Waals surface area contributed by atoms with Crippen LogP contribution in [0.2, 0.25) is 0 Å². The van der Waals surface area contributed by atoms with Gasteiger partial charge in [0.15, 0.2) is 11.5 Å². The van der Waals surface area contributed by atoms with Crippen LogP contribution in [0.15, 0.2) is 35.1 Å². The second kappa shape index (κ2) is 9.32. The minimum absolute atomic E-state index is 0.0199. The Morgan fingerprint density at radius 1 is 1.25 bits per heavy atom. The van der Waals surface area contributed by atoms with Gasteiger partial charge in [0.25, 0.3) is 0 Å². The topological polar surface area (TPSA) is 65.4 Å². The van der Waals surface area contributed by atoms with Crippen LogP contribution >= 0.6 is 15.9 Å². The highest BCUT2D eigenvalue weighted by molar-refractivity contribution is 9.10. The van der Waals surface area contributed by atoms with Gasteiger partial charge in [0, 0.05) is 25.7 Å². The Balaban J connectivity index is 1.86. The lowest BCUT2D eigenvalue weighted by atomic mass is 10.2. The molecule has 1 heterocycles. The molecule has 6 nitrogen and oxygen atoms in total. The van der Waals surface area contributed by atoms with Gasteiger partial charge in [-0.25, -0.2) is 0 Å². The molecule has 1 amide bonds. The number of hydrogen-bond donors (Lipinski definition) is 1. The van der Waals surface area contributed by atoms with Crippen molar-refractivity contribution in [1.82, 2.24) is 15.1 Å². The molecule has 0 saturated carbocycles. The number of carbonyl (C=O) groups excluding carboxylic acids is 1. The molecule has 0 fully saturated rings. The number of amides is 1. The van der Waals surface area contributed by atoms with Crippen LogP contribution in [-0.2, 0) is 17.9 Å². The molecule has 7 heteroatoms. The maximum Gasteiger partial charge on any atom is 0.222 e. The van der Waals surface area contributed by atoms with Crippen LogP contribution in [0.4, 0.5) is 0 Å². The van der Waals surface area contributed by atoms with Crippen molar-refractivity contribution >= 4 is 21.8 Å². The summed E-state index contributed by atoms with van der Waals surface area (Å²) in [5.74, 6) is 1.40. The van der Waals surface area contributed by atoms with E-state index in [0.717, 1.165) is 15.8 Å². The number of halogens is 1. The van der Waals surface area contributed by atoms with E-state index in [4.69, 9.17) is 9.47 Å². The van der Waals surface area contributed by atoms with Gasteiger partial charge >= 0.3 is 0 Å². The summed E-state index contributed by atoms with van der Waals surface area (Å²) in [7, 11) is 0. The number of benzene rings is 1. The fourth-order valence-corrected chi connectivity index (χ4v) is 2.50. The maximum absolute atomic E-state index is 12.0. The first-order chi connectivity index (χ1) is 11.6. The lowest BCUT2D eigenvalue weighted by molar-refractivity contribution is -0.121. The molecular formula is C17H22BrN3O3. The second-order valence-electron chi connectivity index (χ2n) is 5.10. The highest BCUT2D eigenvalue weighted by atomic mass is 79.9. The van der Waals surface area contributed by atoms with Gasteiger partial charge in [-0.15, -0.1) is 0 Å². The van der Waals surface area contributed by atoms with Gasteiger partial charge in [0.05, 0.1) is 23.9 Å². The summed E-state index contributed by atoms with van der Waals surface area (Å²) in [5, 5.41) is 7.03. The highest BCUT2D eigenvalue weighted by Gasteiger charge is 2.08. The third kappa shape index (κ3) is 5.56. The molecule has 130 valence electrons. The predicted octanol–water partition coefficient (Wildman–Crippen LogP) is 3.15. The Morgan fingerprint density at radius 2 is 2.00 bits per heavy atom. The molecule has 1 aromatic heterocycles. The van der Waals surface area contributed by atoms with E-state index >= 15 is 0 Å². The summed E-state index contributed by atoms with van der Waals surface area (Å²) in [5.41, 5.74) is 0.970. The number of carbonyl (C=O) groups is 1. The van der Waals surface area contributed by atoms with Crippen molar-refractivity contribution in [3.8, 4) is 11.5 Å². The smallest absolute Gasteiger partial charge is 0.222 e. The summed E-state index contributed by atoms with van der Waals surface area (Å²) < 4.78 is 13.8. The maximum atomic E-state index is 12.0. The van der Waals surface area contributed by atoms with E-state index in [9.17, 15) is 4.79 Å². The molecule has 0 aliphatic heterocycles. The molecule has 2 aromatic rings. The van der Waals surface area contributed by atoms with Crippen molar-refractivity contribution in [3.05, 3.63) is 40.6 Å². The third-order valence-electron chi connectivity index (χ3n) is 3.27. The van der Waals surface area contributed by atoms with Gasteiger partial charge in [0.1, 0.15) is 0 Å². The van der Waals surface area contributed by atoms with Crippen LogP contribution in [0.25, 0.3) is 0 Å². The first-order valence-corrected chi connectivity index (χ1v) is 8.74. The molecule has 0 aliphatic rings. The predicted molar refractivity (Wildman–Crippen MR) is 95.2 cm³/mol. The Labute approximate surface area is 150 Å². The van der Waals surface area contributed by atoms with Crippen molar-refractivity contribution in [2.75, 3.05) is 13.2 Å². The fourth-order valence-electron chi connectivity index (χ4n) is 2.17. The number of ether oxygens (including phenoxy) is 2. The van der Waals surface area contributed by atoms with E-state index in [1.54, 1.807) is 10.9 Å². The SMILES string of the molecule is CCOc1ccc(CNC(=O)CCn2cc(Br)cn2)cc1OCC. The average Bonchev–Trinajstić information content (AvgIpc) is 2.99. The summed E-state index contributed by atoms with van der Waals surface area (Å²) >= 11 is 3.33. The van der Waals surface area contributed by atoms with Crippen molar-refractivity contribution in [1.29, 1.82) is 0 Å². The van der Waals surface area contributed by atoms with Crippen molar-refractivity contribution < 1.29 is 14.3 Å². The van der Waals surface area contributed by atoms with Crippen LogP contribution in [0.5, 0.6) is 11.5 Å². The summed E-state index contributed by atoms with van der Waals surface area (Å²) in [4.78, 5) is 12.0. The van der Waals surface area contributed by atoms with Gasteiger partial charge in [-0.3, -0.25) is 9.48 Å². The normalized spacial score (nSPS) is 10.5. The van der Waals surface area contributed by atoms with Gasteiger partial charge < -0.3 is 14.8 Å². The Morgan fingerprint density at radius 3 is 2.67 bits per heavy atom. The van der Waals surface area contributed by atoms with Gasteiger partial charge in [-0.05, 0) is 47.5 Å². The van der Waals surface area contributed by atoms with E-state index in [0.29, 0.717) is 38.5 Å². The van der Waals surface area contributed by atoms with E-state index in [2.05, 4.69) is 26.3 Å². The van der Waals surface area contributed by atoms with Crippen molar-refractivity contribution in [2.24, 2.45) is 0 Å². The Bertz CT molecular complexity index is 673. The second-order valence-corrected chi connectivity index (χ2v) is 6.01. The molecule has 0 aliphatic carbocycles. The molecule has 0 atom stereocenters. The molecule has 1 N–H and O–H groups in total. The average molecular weight is 396 g/mol. The monoisotopic (exact) mass is 395 g/mol. The van der Waals surface area contributed by atoms with Crippen LogP contribution < -0.4 is 14.8 Å². The van der Waals surface area contributed by atoms with E-state index < -0.39 is 0 Å². The zero-order valence-corrected chi connectivity index (χ0v) is 15.5. The Kier molecular flexibility index (Phi) is 7.11. The molecule has 2 rings (SSSR count). The quantitative estimate of drug-likeness (QED) is 0.707. The minimum atomic E-state index is -0.0199. The molecule has 0 radical (unpaired) electrons. The number of nitrogens with one attached hydrogen (secondary N) is 1. The van der Waals surface area contributed by atoms with Crippen LogP contribution in [0, 0.1) is 0 Å². The van der Waals surface area contributed by atoms with Gasteiger partial charge in [-0.1, -0.05) is 6.07 Å². The zero-order valence-electron chi connectivity index (χ0n) is 13.9. The largest absolute Gasteiger partial charge is 0.490 e. The third-order valence-corrected chi connectivity index (χ3v) is 3.68. The number of nitrogens with zero attached hydrogens (tertiary/aromatic N) is 2. The van der Waals surface area contributed by atoms with Crippen LogP contribution in [0.1, 0.15) is 25.8 Å². The zero-order chi connectivity index (χ0) is 17.4. The highest BCUT2D eigenvalue weighted by Crippen LogP contribution is 2.28. The lowest BCUT2D eigenvalue weighted by Crippen LogP contribution is -2.24. The Hall–Kier alpha value is -2.02. The van der Waals surface area contributed by atoms with Gasteiger partial charge in [0.2, 0.25) is 5.91 Å². The standard InChI is InChI=1S/C17H22BrN3O3/c1-3-23-15-6-5-13(9-16(15)24-4-2)10-19-17(22)7-8-21-12-14(18)11-20-21/h5-6,9,11-12H,3-4,7-8,10H2,1-2H3,(H,19,22). The van der Waals surface area contributed by atoms with E-state index in [-0.39, 0.29) is 5.91 Å². The summed E-state index contributed by atoms with van der Waals surface area (Å²) in [6, 6.07) is 5.70. The molecule has 0 unspecified atom stereocenters. The number of hydrogen-bond acceptors (Lipinski definition) is 4. The first kappa shape index (κ1) is 18.3. The minimum Gasteiger partial charge on any atom is -0.490 e. The lowest BCUT2D eigenvalue weighted by Gasteiger charge is -2.13. The first-order valence-electron chi connectivity index (χ1n) is 7.95. The molecule has 1 aromatic carbocycles. The van der Waals surface area contributed by atoms with Crippen molar-refractivity contribution in [2.45, 2.75) is 33.4 Å². The number of aryl methyl sites for hydroxylation is 1. The van der Waals surface area contributed by atoms with Crippen molar-refractivity contribution in [3.63, 3.8) is 0 Å². The van der Waals surface area contributed by atoms with E-state index in [1.807, 2.05) is 38.2 Å². The number of aromatic nitrogens is 2. The van der Waals surface area contributed by atoms with Crippen LogP contribution in [0.3, 0.4) is 0 Å². The molecule has 0 spiro atoms. The fraction of sp³-hybridized carbons (Fsp3) is 0.412. The molecule has 24 heavy (non-hydrogen) atoms.